The Labute approximate surface area is 116 Å². The number of hydrogen-bond acceptors (Lipinski definition) is 4. The van der Waals surface area contributed by atoms with E-state index in [1.165, 1.54) is 11.3 Å². The van der Waals surface area contributed by atoms with Gasteiger partial charge in [-0.3, -0.25) is 4.79 Å². The zero-order valence-electron chi connectivity index (χ0n) is 10.8. The highest BCUT2D eigenvalue weighted by atomic mass is 32.1. The third-order valence-electron chi connectivity index (χ3n) is 2.65. The molecule has 0 aliphatic rings. The van der Waals surface area contributed by atoms with Crippen molar-refractivity contribution >= 4 is 22.9 Å². The van der Waals surface area contributed by atoms with Gasteiger partial charge in [0, 0.05) is 17.6 Å². The summed E-state index contributed by atoms with van der Waals surface area (Å²) in [6.07, 6.45) is 1.02. The molecule has 0 saturated carbocycles. The van der Waals surface area contributed by atoms with Gasteiger partial charge in [0.25, 0.3) is 5.91 Å². The lowest BCUT2D eigenvalue weighted by molar-refractivity contribution is 0.0951. The number of para-hydroxylation sites is 1. The summed E-state index contributed by atoms with van der Waals surface area (Å²) in [4.78, 5) is 16.3. The van der Waals surface area contributed by atoms with Crippen LogP contribution in [0.15, 0.2) is 35.2 Å². The first kappa shape index (κ1) is 13.5. The number of anilines is 1. The fraction of sp³-hybridized carbons (Fsp3) is 0.286. The molecule has 0 aliphatic heterocycles. The number of thiazole rings is 1. The van der Waals surface area contributed by atoms with Crippen molar-refractivity contribution in [2.45, 2.75) is 19.9 Å². The second kappa shape index (κ2) is 6.89. The molecular formula is C14H17N3OS. The van der Waals surface area contributed by atoms with Crippen LogP contribution in [0, 0.1) is 0 Å². The van der Waals surface area contributed by atoms with Gasteiger partial charge in [-0.25, -0.2) is 4.98 Å². The Kier molecular flexibility index (Phi) is 4.92. The summed E-state index contributed by atoms with van der Waals surface area (Å²) in [5, 5.41) is 8.08. The maximum Gasteiger partial charge on any atom is 0.253 e. The van der Waals surface area contributed by atoms with Gasteiger partial charge in [-0.1, -0.05) is 19.1 Å². The molecule has 1 amide bonds. The molecule has 100 valence electrons. The van der Waals surface area contributed by atoms with Crippen LogP contribution in [0.3, 0.4) is 0 Å². The lowest BCUT2D eigenvalue weighted by Crippen LogP contribution is -2.24. The fourth-order valence-electron chi connectivity index (χ4n) is 1.69. The Morgan fingerprint density at radius 1 is 1.37 bits per heavy atom. The third kappa shape index (κ3) is 3.79. The second-order valence-electron chi connectivity index (χ2n) is 4.13. The van der Waals surface area contributed by atoms with Crippen molar-refractivity contribution in [2.24, 2.45) is 0 Å². The average Bonchev–Trinajstić information content (AvgIpc) is 2.96. The van der Waals surface area contributed by atoms with Crippen LogP contribution in [0.1, 0.15) is 29.4 Å². The summed E-state index contributed by atoms with van der Waals surface area (Å²) in [5.41, 5.74) is 4.20. The van der Waals surface area contributed by atoms with E-state index in [0.717, 1.165) is 24.3 Å². The number of aromatic nitrogens is 1. The Morgan fingerprint density at radius 2 is 2.21 bits per heavy atom. The van der Waals surface area contributed by atoms with E-state index in [9.17, 15) is 4.79 Å². The maximum absolute atomic E-state index is 12.1. The van der Waals surface area contributed by atoms with Gasteiger partial charge in [0.15, 0.2) is 0 Å². The predicted molar refractivity (Wildman–Crippen MR) is 78.5 cm³/mol. The SMILES string of the molecule is CCCNc1ccccc1C(=O)NCc1cscn1. The van der Waals surface area contributed by atoms with E-state index < -0.39 is 0 Å². The largest absolute Gasteiger partial charge is 0.384 e. The topological polar surface area (TPSA) is 54.0 Å². The van der Waals surface area contributed by atoms with Crippen LogP contribution < -0.4 is 10.6 Å². The van der Waals surface area contributed by atoms with Crippen molar-refractivity contribution in [1.29, 1.82) is 0 Å². The summed E-state index contributed by atoms with van der Waals surface area (Å²) in [5.74, 6) is -0.0767. The molecule has 1 aromatic carbocycles. The molecule has 19 heavy (non-hydrogen) atoms. The van der Waals surface area contributed by atoms with E-state index in [0.29, 0.717) is 12.1 Å². The first-order valence-corrected chi connectivity index (χ1v) is 7.23. The highest BCUT2D eigenvalue weighted by molar-refractivity contribution is 7.07. The standard InChI is InChI=1S/C14H17N3OS/c1-2-7-15-13-6-4-3-5-12(13)14(18)16-8-11-9-19-10-17-11/h3-6,9-10,15H,2,7-8H2,1H3,(H,16,18). The van der Waals surface area contributed by atoms with Gasteiger partial charge in [0.1, 0.15) is 0 Å². The third-order valence-corrected chi connectivity index (χ3v) is 3.29. The molecule has 0 spiro atoms. The number of nitrogens with zero attached hydrogens (tertiary/aromatic N) is 1. The minimum absolute atomic E-state index is 0.0767. The molecule has 0 aliphatic carbocycles. The quantitative estimate of drug-likeness (QED) is 0.852. The Balaban J connectivity index is 2.01. The van der Waals surface area contributed by atoms with Gasteiger partial charge >= 0.3 is 0 Å². The summed E-state index contributed by atoms with van der Waals surface area (Å²) in [6, 6.07) is 7.55. The molecule has 2 rings (SSSR count). The lowest BCUT2D eigenvalue weighted by Gasteiger charge is -2.11. The molecule has 0 unspecified atom stereocenters. The van der Waals surface area contributed by atoms with E-state index in [1.54, 1.807) is 5.51 Å². The van der Waals surface area contributed by atoms with E-state index in [1.807, 2.05) is 29.6 Å². The predicted octanol–water partition coefficient (Wildman–Crippen LogP) is 2.90. The van der Waals surface area contributed by atoms with Crippen molar-refractivity contribution in [2.75, 3.05) is 11.9 Å². The zero-order chi connectivity index (χ0) is 13.5. The lowest BCUT2D eigenvalue weighted by atomic mass is 10.1. The molecule has 0 fully saturated rings. The minimum Gasteiger partial charge on any atom is -0.384 e. The first-order chi connectivity index (χ1) is 9.31. The van der Waals surface area contributed by atoms with Crippen molar-refractivity contribution in [3.8, 4) is 0 Å². The van der Waals surface area contributed by atoms with Crippen LogP contribution in [0.5, 0.6) is 0 Å². The Bertz CT molecular complexity index is 525. The van der Waals surface area contributed by atoms with E-state index in [-0.39, 0.29) is 5.91 Å². The molecule has 4 nitrogen and oxygen atoms in total. The smallest absolute Gasteiger partial charge is 0.253 e. The highest BCUT2D eigenvalue weighted by Gasteiger charge is 2.10. The molecule has 0 atom stereocenters. The summed E-state index contributed by atoms with van der Waals surface area (Å²) < 4.78 is 0. The molecule has 0 bridgehead atoms. The van der Waals surface area contributed by atoms with Crippen LogP contribution in [0.4, 0.5) is 5.69 Å². The van der Waals surface area contributed by atoms with Crippen LogP contribution in [0.2, 0.25) is 0 Å². The van der Waals surface area contributed by atoms with Crippen LogP contribution in [-0.2, 0) is 6.54 Å². The Hall–Kier alpha value is -1.88. The van der Waals surface area contributed by atoms with Gasteiger partial charge in [0.05, 0.1) is 23.3 Å². The van der Waals surface area contributed by atoms with Crippen LogP contribution in [0.25, 0.3) is 0 Å². The van der Waals surface area contributed by atoms with Crippen molar-refractivity contribution in [3.05, 3.63) is 46.4 Å². The number of carbonyl (C=O) groups is 1. The van der Waals surface area contributed by atoms with Gasteiger partial charge in [-0.2, -0.15) is 0 Å². The van der Waals surface area contributed by atoms with E-state index in [4.69, 9.17) is 0 Å². The Morgan fingerprint density at radius 3 is 2.95 bits per heavy atom. The van der Waals surface area contributed by atoms with E-state index >= 15 is 0 Å². The van der Waals surface area contributed by atoms with E-state index in [2.05, 4.69) is 22.5 Å². The molecular weight excluding hydrogens is 258 g/mol. The number of carbonyl (C=O) groups excluding carboxylic acids is 1. The molecule has 2 aromatic rings. The van der Waals surface area contributed by atoms with Gasteiger partial charge in [-0.05, 0) is 18.6 Å². The van der Waals surface area contributed by atoms with Crippen molar-refractivity contribution in [3.63, 3.8) is 0 Å². The summed E-state index contributed by atoms with van der Waals surface area (Å²) in [7, 11) is 0. The number of benzene rings is 1. The summed E-state index contributed by atoms with van der Waals surface area (Å²) in [6.45, 7) is 3.42. The summed E-state index contributed by atoms with van der Waals surface area (Å²) >= 11 is 1.53. The number of amides is 1. The van der Waals surface area contributed by atoms with Crippen molar-refractivity contribution < 1.29 is 4.79 Å². The normalized spacial score (nSPS) is 10.2. The number of hydrogen-bond donors (Lipinski definition) is 2. The fourth-order valence-corrected chi connectivity index (χ4v) is 2.24. The molecule has 2 N–H and O–H groups in total. The average molecular weight is 275 g/mol. The van der Waals surface area contributed by atoms with Gasteiger partial charge in [-0.15, -0.1) is 11.3 Å². The van der Waals surface area contributed by atoms with Crippen LogP contribution >= 0.6 is 11.3 Å². The van der Waals surface area contributed by atoms with Crippen molar-refractivity contribution in [1.82, 2.24) is 10.3 Å². The number of rotatable bonds is 6. The number of nitrogens with one attached hydrogen (secondary N) is 2. The highest BCUT2D eigenvalue weighted by Crippen LogP contribution is 2.15. The molecule has 0 saturated heterocycles. The maximum atomic E-state index is 12.1. The monoisotopic (exact) mass is 275 g/mol. The molecule has 1 aromatic heterocycles. The molecule has 5 heteroatoms. The van der Waals surface area contributed by atoms with Gasteiger partial charge < -0.3 is 10.6 Å². The molecule has 1 heterocycles. The second-order valence-corrected chi connectivity index (χ2v) is 4.85. The minimum atomic E-state index is -0.0767. The van der Waals surface area contributed by atoms with Crippen LogP contribution in [-0.4, -0.2) is 17.4 Å². The van der Waals surface area contributed by atoms with Gasteiger partial charge in [0.2, 0.25) is 0 Å². The first-order valence-electron chi connectivity index (χ1n) is 6.29. The zero-order valence-corrected chi connectivity index (χ0v) is 11.7. The molecule has 0 radical (unpaired) electrons.